The number of nitrogens with zero attached hydrogens (tertiary/aromatic N) is 3. The predicted molar refractivity (Wildman–Crippen MR) is 78.4 cm³/mol. The van der Waals surface area contributed by atoms with Crippen molar-refractivity contribution in [3.8, 4) is 0 Å². The lowest BCUT2D eigenvalue weighted by atomic mass is 10.3. The van der Waals surface area contributed by atoms with Crippen LogP contribution in [0.4, 0.5) is 21.7 Å². The molecule has 1 aromatic heterocycles. The first-order valence-corrected chi connectivity index (χ1v) is 6.67. The number of rotatable bonds is 4. The van der Waals surface area contributed by atoms with Crippen molar-refractivity contribution >= 4 is 33.3 Å². The summed E-state index contributed by atoms with van der Waals surface area (Å²) in [5, 5.41) is 3.12. The topological polar surface area (TPSA) is 41.1 Å². The Bertz CT molecular complexity index is 576. The van der Waals surface area contributed by atoms with Crippen LogP contribution in [0, 0.1) is 5.82 Å². The van der Waals surface area contributed by atoms with Crippen molar-refractivity contribution in [3.05, 3.63) is 40.9 Å². The van der Waals surface area contributed by atoms with Crippen LogP contribution in [-0.2, 0) is 0 Å². The smallest absolute Gasteiger partial charge is 0.152 e. The van der Waals surface area contributed by atoms with Crippen LogP contribution in [0.1, 0.15) is 6.92 Å². The number of halogens is 2. The molecule has 0 radical (unpaired) electrons. The minimum atomic E-state index is -0.291. The van der Waals surface area contributed by atoms with Crippen LogP contribution in [0.3, 0.4) is 0 Å². The van der Waals surface area contributed by atoms with Crippen molar-refractivity contribution in [2.75, 3.05) is 23.8 Å². The summed E-state index contributed by atoms with van der Waals surface area (Å²) in [5.41, 5.74) is 0.462. The van der Waals surface area contributed by atoms with E-state index in [2.05, 4.69) is 31.2 Å². The van der Waals surface area contributed by atoms with E-state index in [4.69, 9.17) is 0 Å². The molecule has 4 nitrogen and oxygen atoms in total. The van der Waals surface area contributed by atoms with Gasteiger partial charge in [0.05, 0.1) is 5.69 Å². The zero-order chi connectivity index (χ0) is 13.8. The lowest BCUT2D eigenvalue weighted by Gasteiger charge is -2.21. The van der Waals surface area contributed by atoms with Gasteiger partial charge >= 0.3 is 0 Å². The van der Waals surface area contributed by atoms with Gasteiger partial charge in [0.2, 0.25) is 0 Å². The Kier molecular flexibility index (Phi) is 4.31. The number of para-hydroxylation sites is 1. The van der Waals surface area contributed by atoms with Crippen LogP contribution in [0.5, 0.6) is 0 Å². The van der Waals surface area contributed by atoms with Crippen molar-refractivity contribution in [1.29, 1.82) is 0 Å². The molecule has 19 heavy (non-hydrogen) atoms. The molecule has 0 saturated carbocycles. The van der Waals surface area contributed by atoms with Gasteiger partial charge in [0, 0.05) is 13.6 Å². The molecule has 0 fully saturated rings. The van der Waals surface area contributed by atoms with Gasteiger partial charge in [-0.3, -0.25) is 0 Å². The van der Waals surface area contributed by atoms with E-state index in [0.717, 1.165) is 6.54 Å². The van der Waals surface area contributed by atoms with E-state index in [1.807, 2.05) is 6.92 Å². The molecule has 100 valence electrons. The van der Waals surface area contributed by atoms with Gasteiger partial charge in [-0.15, -0.1) is 0 Å². The highest BCUT2D eigenvalue weighted by atomic mass is 79.9. The molecule has 1 aromatic carbocycles. The Morgan fingerprint density at radius 2 is 2.05 bits per heavy atom. The normalized spacial score (nSPS) is 10.3. The average molecular weight is 325 g/mol. The van der Waals surface area contributed by atoms with Crippen molar-refractivity contribution in [2.24, 2.45) is 0 Å². The maximum atomic E-state index is 13.8. The van der Waals surface area contributed by atoms with E-state index in [0.29, 0.717) is 21.8 Å². The Morgan fingerprint density at radius 3 is 2.74 bits per heavy atom. The second kappa shape index (κ2) is 5.97. The van der Waals surface area contributed by atoms with Crippen molar-refractivity contribution < 1.29 is 4.39 Å². The third-order valence-electron chi connectivity index (χ3n) is 2.65. The molecule has 0 aliphatic carbocycles. The average Bonchev–Trinajstić information content (AvgIpc) is 2.41. The second-order valence-electron chi connectivity index (χ2n) is 3.90. The van der Waals surface area contributed by atoms with E-state index in [9.17, 15) is 4.39 Å². The molecular formula is C13H14BrFN4. The fourth-order valence-electron chi connectivity index (χ4n) is 1.72. The van der Waals surface area contributed by atoms with Crippen molar-refractivity contribution in [3.63, 3.8) is 0 Å². The minimum Gasteiger partial charge on any atom is -0.369 e. The van der Waals surface area contributed by atoms with Gasteiger partial charge in [-0.25, -0.2) is 14.4 Å². The van der Waals surface area contributed by atoms with Crippen LogP contribution < -0.4 is 10.2 Å². The van der Waals surface area contributed by atoms with Crippen LogP contribution in [0.2, 0.25) is 0 Å². The molecule has 1 heterocycles. The van der Waals surface area contributed by atoms with E-state index in [-0.39, 0.29) is 5.82 Å². The fourth-order valence-corrected chi connectivity index (χ4v) is 2.33. The van der Waals surface area contributed by atoms with Gasteiger partial charge in [0.25, 0.3) is 0 Å². The molecule has 0 saturated heterocycles. The fraction of sp³-hybridized carbons (Fsp3) is 0.231. The molecule has 0 aliphatic rings. The second-order valence-corrected chi connectivity index (χ2v) is 4.69. The quantitative estimate of drug-likeness (QED) is 0.933. The maximum Gasteiger partial charge on any atom is 0.152 e. The predicted octanol–water partition coefficient (Wildman–Crippen LogP) is 3.58. The third kappa shape index (κ3) is 2.84. The third-order valence-corrected chi connectivity index (χ3v) is 3.38. The molecule has 0 bridgehead atoms. The highest BCUT2D eigenvalue weighted by Crippen LogP contribution is 2.33. The van der Waals surface area contributed by atoms with E-state index >= 15 is 0 Å². The highest BCUT2D eigenvalue weighted by Gasteiger charge is 2.15. The molecule has 2 aromatic rings. The first-order valence-electron chi connectivity index (χ1n) is 5.87. The van der Waals surface area contributed by atoms with Crippen molar-refractivity contribution in [1.82, 2.24) is 9.97 Å². The molecular weight excluding hydrogens is 311 g/mol. The zero-order valence-corrected chi connectivity index (χ0v) is 12.3. The van der Waals surface area contributed by atoms with Crippen LogP contribution >= 0.6 is 15.9 Å². The summed E-state index contributed by atoms with van der Waals surface area (Å²) in [4.78, 5) is 10.0. The Morgan fingerprint density at radius 1 is 1.32 bits per heavy atom. The summed E-state index contributed by atoms with van der Waals surface area (Å²) in [5.74, 6) is 1.01. The zero-order valence-electron chi connectivity index (χ0n) is 10.7. The van der Waals surface area contributed by atoms with E-state index in [1.165, 1.54) is 12.4 Å². The summed E-state index contributed by atoms with van der Waals surface area (Å²) in [6.07, 6.45) is 1.45. The molecule has 0 atom stereocenters. The number of hydrogen-bond acceptors (Lipinski definition) is 4. The van der Waals surface area contributed by atoms with Crippen LogP contribution in [0.25, 0.3) is 0 Å². The molecule has 0 aliphatic heterocycles. The highest BCUT2D eigenvalue weighted by molar-refractivity contribution is 9.10. The largest absolute Gasteiger partial charge is 0.369 e. The first-order chi connectivity index (χ1) is 9.15. The first kappa shape index (κ1) is 13.7. The van der Waals surface area contributed by atoms with Gasteiger partial charge < -0.3 is 10.2 Å². The number of hydrogen-bond donors (Lipinski definition) is 1. The summed E-state index contributed by atoms with van der Waals surface area (Å²) < 4.78 is 14.5. The van der Waals surface area contributed by atoms with Gasteiger partial charge in [-0.05, 0) is 35.0 Å². The lowest BCUT2D eigenvalue weighted by molar-refractivity contribution is 0.627. The number of aromatic nitrogens is 2. The lowest BCUT2D eigenvalue weighted by Crippen LogP contribution is -2.15. The van der Waals surface area contributed by atoms with Crippen molar-refractivity contribution in [2.45, 2.75) is 6.92 Å². The van der Waals surface area contributed by atoms with E-state index < -0.39 is 0 Å². The molecule has 0 spiro atoms. The Balaban J connectivity index is 2.42. The Hall–Kier alpha value is -1.69. The van der Waals surface area contributed by atoms with Gasteiger partial charge in [0.15, 0.2) is 5.82 Å². The molecule has 2 rings (SSSR count). The van der Waals surface area contributed by atoms with Gasteiger partial charge in [-0.1, -0.05) is 12.1 Å². The molecule has 0 amide bonds. The van der Waals surface area contributed by atoms with Crippen LogP contribution in [0.15, 0.2) is 35.1 Å². The summed E-state index contributed by atoms with van der Waals surface area (Å²) >= 11 is 3.45. The monoisotopic (exact) mass is 324 g/mol. The van der Waals surface area contributed by atoms with Gasteiger partial charge in [0.1, 0.15) is 22.4 Å². The molecule has 0 unspecified atom stereocenters. The summed E-state index contributed by atoms with van der Waals surface area (Å²) in [6.45, 7) is 2.73. The SMILES string of the molecule is CCNc1ncnc(N(C)c2ccccc2F)c1Br. The van der Waals surface area contributed by atoms with Crippen LogP contribution in [-0.4, -0.2) is 23.6 Å². The number of anilines is 3. The summed E-state index contributed by atoms with van der Waals surface area (Å²) in [6, 6.07) is 6.57. The standard InChI is InChI=1S/C13H14BrFN4/c1-3-16-12-11(14)13(18-8-17-12)19(2)10-7-5-4-6-9(10)15/h4-8H,3H2,1-2H3,(H,16,17,18). The van der Waals surface area contributed by atoms with E-state index in [1.54, 1.807) is 30.1 Å². The van der Waals surface area contributed by atoms with Gasteiger partial charge in [-0.2, -0.15) is 0 Å². The maximum absolute atomic E-state index is 13.8. The summed E-state index contributed by atoms with van der Waals surface area (Å²) in [7, 11) is 1.77. The molecule has 1 N–H and O–H groups in total. The number of nitrogens with one attached hydrogen (secondary N) is 1. The molecule has 6 heteroatoms. The minimum absolute atomic E-state index is 0.291. The number of benzene rings is 1. The Labute approximate surface area is 119 Å².